The largest absolute Gasteiger partial charge is 0.360 e. The number of nitrogens with zero attached hydrogens (tertiary/aromatic N) is 4. The van der Waals surface area contributed by atoms with Crippen LogP contribution in [0.3, 0.4) is 0 Å². The summed E-state index contributed by atoms with van der Waals surface area (Å²) < 4.78 is 0. The van der Waals surface area contributed by atoms with Crippen LogP contribution in [0.2, 0.25) is 0 Å². The number of benzene rings is 4. The molecule has 6 nitrogen and oxygen atoms in total. The Kier molecular flexibility index (Phi) is 6.35. The monoisotopic (exact) mass is 570 g/mol. The Labute approximate surface area is 254 Å². The van der Waals surface area contributed by atoms with E-state index >= 15 is 0 Å². The molecule has 0 bridgehead atoms. The summed E-state index contributed by atoms with van der Waals surface area (Å²) in [4.78, 5) is 18.2. The molecule has 218 valence electrons. The molecule has 0 N–H and O–H groups in total. The standard InChI is InChI=1S/C37H38N4O2/c1-24-19-26(3)32(27(4)20-24)34-38-42-36(30-13-9-7-10-14-30)23-37(31-15-11-8-12-16-31)41(18-17-40(34)36)35(39-43-37)33-28(5)21-25(2)22-29(33)6/h7-16,19-22H,17-18,23H2,1-6H3. The summed E-state index contributed by atoms with van der Waals surface area (Å²) in [5.41, 5.74) is 9.74. The smallest absolute Gasteiger partial charge is 0.243 e. The molecule has 7 rings (SSSR count). The second-order valence-electron chi connectivity index (χ2n) is 12.3. The van der Waals surface area contributed by atoms with E-state index < -0.39 is 11.4 Å². The first kappa shape index (κ1) is 27.3. The molecule has 0 saturated carbocycles. The van der Waals surface area contributed by atoms with E-state index in [0.717, 1.165) is 33.9 Å². The third kappa shape index (κ3) is 4.15. The fourth-order valence-corrected chi connectivity index (χ4v) is 7.57. The third-order valence-electron chi connectivity index (χ3n) is 9.23. The van der Waals surface area contributed by atoms with E-state index in [1.807, 2.05) is 12.1 Å². The molecule has 3 aliphatic rings. The van der Waals surface area contributed by atoms with Gasteiger partial charge in [-0.05, 0) is 63.8 Å². The molecule has 0 aromatic heterocycles. The first-order valence-electron chi connectivity index (χ1n) is 15.1. The molecule has 3 aliphatic heterocycles. The zero-order chi connectivity index (χ0) is 29.9. The van der Waals surface area contributed by atoms with Crippen molar-refractivity contribution in [2.75, 3.05) is 13.1 Å². The van der Waals surface area contributed by atoms with E-state index in [9.17, 15) is 0 Å². The van der Waals surface area contributed by atoms with E-state index in [0.29, 0.717) is 19.5 Å². The highest BCUT2D eigenvalue weighted by Gasteiger charge is 2.62. The Bertz CT molecular complexity index is 1600. The molecule has 43 heavy (non-hydrogen) atoms. The minimum Gasteiger partial charge on any atom is -0.360 e. The Morgan fingerprint density at radius 1 is 0.535 bits per heavy atom. The molecule has 6 heteroatoms. The summed E-state index contributed by atoms with van der Waals surface area (Å²) in [6.07, 6.45) is 0.460. The van der Waals surface area contributed by atoms with Crippen molar-refractivity contribution < 1.29 is 9.68 Å². The number of rotatable bonds is 4. The molecule has 1 saturated heterocycles. The van der Waals surface area contributed by atoms with E-state index in [-0.39, 0.29) is 0 Å². The second kappa shape index (κ2) is 10.0. The molecular formula is C37H38N4O2. The minimum absolute atomic E-state index is 0.460. The van der Waals surface area contributed by atoms with Crippen LogP contribution in [0, 0.1) is 41.5 Å². The van der Waals surface area contributed by atoms with Gasteiger partial charge in [0.25, 0.3) is 0 Å². The van der Waals surface area contributed by atoms with Gasteiger partial charge in [0.15, 0.2) is 11.7 Å². The lowest BCUT2D eigenvalue weighted by molar-refractivity contribution is -0.182. The van der Waals surface area contributed by atoms with Crippen LogP contribution in [0.4, 0.5) is 0 Å². The van der Waals surface area contributed by atoms with Gasteiger partial charge < -0.3 is 19.5 Å². The SMILES string of the molecule is Cc1cc(C)c(C2=NOC3(c4ccccc4)CC4(c5ccccc5)ON=C(c5c(C)cc(C)cc5C)N4CCN23)c(C)c1. The number of amidine groups is 2. The van der Waals surface area contributed by atoms with Gasteiger partial charge in [-0.2, -0.15) is 0 Å². The van der Waals surface area contributed by atoms with Crippen LogP contribution in [-0.2, 0) is 21.1 Å². The fourth-order valence-electron chi connectivity index (χ4n) is 7.57. The van der Waals surface area contributed by atoms with E-state index in [1.54, 1.807) is 0 Å². The quantitative estimate of drug-likeness (QED) is 0.258. The summed E-state index contributed by atoms with van der Waals surface area (Å²) in [7, 11) is 0. The Morgan fingerprint density at radius 3 is 1.23 bits per heavy atom. The molecule has 4 aromatic rings. The van der Waals surface area contributed by atoms with Crippen LogP contribution in [-0.4, -0.2) is 34.6 Å². The molecular weight excluding hydrogens is 532 g/mol. The topological polar surface area (TPSA) is 49.7 Å². The van der Waals surface area contributed by atoms with Crippen LogP contribution in [0.15, 0.2) is 95.2 Å². The summed E-state index contributed by atoms with van der Waals surface area (Å²) in [6, 6.07) is 29.8. The molecule has 1 fully saturated rings. The Morgan fingerprint density at radius 2 is 0.884 bits per heavy atom. The molecule has 3 heterocycles. The molecule has 0 radical (unpaired) electrons. The van der Waals surface area contributed by atoms with Crippen LogP contribution in [0.5, 0.6) is 0 Å². The lowest BCUT2D eigenvalue weighted by Crippen LogP contribution is -2.51. The maximum absolute atomic E-state index is 6.73. The highest BCUT2D eigenvalue weighted by Crippen LogP contribution is 2.52. The van der Waals surface area contributed by atoms with Crippen molar-refractivity contribution >= 4 is 11.7 Å². The predicted octanol–water partition coefficient (Wildman–Crippen LogP) is 7.33. The molecule has 4 aromatic carbocycles. The summed E-state index contributed by atoms with van der Waals surface area (Å²) in [6.45, 7) is 14.3. The first-order chi connectivity index (χ1) is 20.7. The number of aryl methyl sites for hydroxylation is 6. The van der Waals surface area contributed by atoms with Crippen molar-refractivity contribution in [3.05, 3.63) is 141 Å². The van der Waals surface area contributed by atoms with Gasteiger partial charge in [0.2, 0.25) is 11.4 Å². The van der Waals surface area contributed by atoms with E-state index in [1.165, 1.54) is 33.4 Å². The molecule has 0 aliphatic carbocycles. The highest BCUT2D eigenvalue weighted by molar-refractivity contribution is 6.04. The molecule has 2 unspecified atom stereocenters. The van der Waals surface area contributed by atoms with Crippen molar-refractivity contribution in [2.45, 2.75) is 59.4 Å². The van der Waals surface area contributed by atoms with Crippen molar-refractivity contribution in [3.63, 3.8) is 0 Å². The minimum atomic E-state index is -0.909. The van der Waals surface area contributed by atoms with Gasteiger partial charge in [0, 0.05) is 35.3 Å². The summed E-state index contributed by atoms with van der Waals surface area (Å²) in [5, 5.41) is 9.75. The summed E-state index contributed by atoms with van der Waals surface area (Å²) in [5.74, 6) is 1.73. The fraction of sp³-hybridized carbons (Fsp3) is 0.297. The van der Waals surface area contributed by atoms with Gasteiger partial charge in [-0.25, -0.2) is 0 Å². The number of hydrogen-bond acceptors (Lipinski definition) is 6. The average molecular weight is 571 g/mol. The first-order valence-corrected chi connectivity index (χ1v) is 15.1. The van der Waals surface area contributed by atoms with E-state index in [2.05, 4.69) is 124 Å². The van der Waals surface area contributed by atoms with Crippen LogP contribution >= 0.6 is 0 Å². The molecule has 2 atom stereocenters. The van der Waals surface area contributed by atoms with Crippen LogP contribution in [0.1, 0.15) is 62.1 Å². The second-order valence-corrected chi connectivity index (χ2v) is 12.3. The van der Waals surface area contributed by atoms with Gasteiger partial charge in [-0.3, -0.25) is 0 Å². The van der Waals surface area contributed by atoms with Gasteiger partial charge in [-0.15, -0.1) is 0 Å². The third-order valence-corrected chi connectivity index (χ3v) is 9.23. The summed E-state index contributed by atoms with van der Waals surface area (Å²) >= 11 is 0. The lowest BCUT2D eigenvalue weighted by Gasteiger charge is -2.41. The van der Waals surface area contributed by atoms with Gasteiger partial charge in [0.1, 0.15) is 0 Å². The Balaban J connectivity index is 1.43. The number of fused-ring (bicyclic) bond motifs is 2. The van der Waals surface area contributed by atoms with Gasteiger partial charge in [0.05, 0.1) is 6.42 Å². The lowest BCUT2D eigenvalue weighted by atomic mass is 9.86. The Hall–Kier alpha value is -4.58. The molecule has 0 spiro atoms. The van der Waals surface area contributed by atoms with Crippen LogP contribution < -0.4 is 0 Å². The number of hydrogen-bond donors (Lipinski definition) is 0. The van der Waals surface area contributed by atoms with E-state index in [4.69, 9.17) is 20.0 Å². The van der Waals surface area contributed by atoms with Crippen molar-refractivity contribution in [3.8, 4) is 0 Å². The maximum atomic E-state index is 6.73. The number of oxime groups is 2. The average Bonchev–Trinajstić information content (AvgIpc) is 3.46. The van der Waals surface area contributed by atoms with Gasteiger partial charge >= 0.3 is 0 Å². The van der Waals surface area contributed by atoms with Gasteiger partial charge in [-0.1, -0.05) is 106 Å². The maximum Gasteiger partial charge on any atom is 0.243 e. The normalized spacial score (nSPS) is 22.7. The van der Waals surface area contributed by atoms with Crippen LogP contribution in [0.25, 0.3) is 0 Å². The van der Waals surface area contributed by atoms with Crippen molar-refractivity contribution in [1.82, 2.24) is 9.80 Å². The zero-order valence-corrected chi connectivity index (χ0v) is 25.8. The van der Waals surface area contributed by atoms with Crippen molar-refractivity contribution in [1.29, 1.82) is 0 Å². The molecule has 0 amide bonds. The van der Waals surface area contributed by atoms with Crippen molar-refractivity contribution in [2.24, 2.45) is 10.3 Å². The zero-order valence-electron chi connectivity index (χ0n) is 25.8. The highest BCUT2D eigenvalue weighted by atomic mass is 16.7. The predicted molar refractivity (Wildman–Crippen MR) is 171 cm³/mol.